The van der Waals surface area contributed by atoms with E-state index >= 15 is 0 Å². The van der Waals surface area contributed by atoms with Crippen molar-refractivity contribution < 1.29 is 14.3 Å². The van der Waals surface area contributed by atoms with Gasteiger partial charge in [-0.15, -0.1) is 11.8 Å². The molecular weight excluding hydrogens is 468 g/mol. The number of benzene rings is 2. The molecule has 176 valence electrons. The number of aromatic amines is 1. The minimum atomic E-state index is -0.219. The van der Waals surface area contributed by atoms with Gasteiger partial charge in [-0.25, -0.2) is 0 Å². The molecule has 4 unspecified atom stereocenters. The molecule has 1 amide bonds. The third-order valence-electron chi connectivity index (χ3n) is 7.43. The number of carbonyl (C=O) groups excluding carboxylic acids is 1. The van der Waals surface area contributed by atoms with E-state index in [1.165, 1.54) is 36.2 Å². The summed E-state index contributed by atoms with van der Waals surface area (Å²) in [6.07, 6.45) is 3.90. The number of H-pyrrole nitrogens is 1. The average Bonchev–Trinajstić information content (AvgIpc) is 3.56. The number of aromatic nitrogens is 1. The van der Waals surface area contributed by atoms with Crippen LogP contribution in [0.25, 0.3) is 0 Å². The lowest BCUT2D eigenvalue weighted by molar-refractivity contribution is -0.118. The highest BCUT2D eigenvalue weighted by atomic mass is 32.2. The zero-order chi connectivity index (χ0) is 23.2. The number of carbonyl (C=O) groups is 1. The largest absolute Gasteiger partial charge is 0.497 e. The standard InChI is InChI=1S/C26H26N2O4S2/c1-31-18-9-7-17(8-10-18)27-20(29)13-32-19-4-2-3-14(12-19)22-21-15-5-6-16(11-15)23(21)33-25-24(22)34-26(30)28-25/h2-4,7-10,12,15-16,21-23H,5-6,11,13H2,1H3,(H,27,29)(H,28,30)/t15?,16?,21?,22-,23?/m1/s1. The van der Waals surface area contributed by atoms with Crippen LogP contribution in [0.15, 0.2) is 58.4 Å². The normalized spacial score (nSPS) is 26.6. The Morgan fingerprint density at radius 1 is 1.12 bits per heavy atom. The van der Waals surface area contributed by atoms with Gasteiger partial charge in [0.15, 0.2) is 6.61 Å². The summed E-state index contributed by atoms with van der Waals surface area (Å²) in [5.41, 5.74) is 1.87. The molecule has 2 heterocycles. The highest BCUT2D eigenvalue weighted by molar-refractivity contribution is 8.00. The molecule has 6 rings (SSSR count). The molecule has 1 aliphatic heterocycles. The molecule has 0 radical (unpaired) electrons. The van der Waals surface area contributed by atoms with Crippen LogP contribution in [0.1, 0.15) is 35.6 Å². The first kappa shape index (κ1) is 21.8. The number of fused-ring (bicyclic) bond motifs is 6. The van der Waals surface area contributed by atoms with Crippen LogP contribution in [-0.4, -0.2) is 29.9 Å². The number of hydrogen-bond acceptors (Lipinski definition) is 6. The molecule has 2 bridgehead atoms. The monoisotopic (exact) mass is 494 g/mol. The first-order valence-corrected chi connectivity index (χ1v) is 13.3. The van der Waals surface area contributed by atoms with Gasteiger partial charge in [-0.05, 0) is 79.0 Å². The van der Waals surface area contributed by atoms with Crippen molar-refractivity contribution in [1.29, 1.82) is 0 Å². The van der Waals surface area contributed by atoms with Crippen LogP contribution < -0.4 is 19.7 Å². The van der Waals surface area contributed by atoms with E-state index in [0.717, 1.165) is 27.5 Å². The number of thioether (sulfide) groups is 1. The SMILES string of the molecule is COc1ccc(NC(=O)COc2cccc([C@H]3c4sc(=O)[nH]c4SC4C5CCC(C5)C43)c2)cc1. The van der Waals surface area contributed by atoms with E-state index in [1.54, 1.807) is 31.4 Å². The molecule has 2 fully saturated rings. The molecule has 6 nitrogen and oxygen atoms in total. The summed E-state index contributed by atoms with van der Waals surface area (Å²) in [5, 5.41) is 4.47. The van der Waals surface area contributed by atoms with Crippen molar-refractivity contribution in [2.75, 3.05) is 19.0 Å². The number of rotatable bonds is 6. The van der Waals surface area contributed by atoms with Gasteiger partial charge in [0, 0.05) is 21.7 Å². The third kappa shape index (κ3) is 3.92. The van der Waals surface area contributed by atoms with Crippen LogP contribution in [0.3, 0.4) is 0 Å². The molecule has 0 saturated heterocycles. The van der Waals surface area contributed by atoms with E-state index in [2.05, 4.69) is 22.4 Å². The summed E-state index contributed by atoms with van der Waals surface area (Å²) in [5.74, 6) is 3.42. The molecule has 2 N–H and O–H groups in total. The lowest BCUT2D eigenvalue weighted by atomic mass is 9.75. The zero-order valence-corrected chi connectivity index (χ0v) is 20.4. The summed E-state index contributed by atoms with van der Waals surface area (Å²) in [7, 11) is 1.61. The summed E-state index contributed by atoms with van der Waals surface area (Å²) in [4.78, 5) is 28.9. The number of amides is 1. The fourth-order valence-corrected chi connectivity index (χ4v) is 8.93. The van der Waals surface area contributed by atoms with Gasteiger partial charge in [0.25, 0.3) is 5.91 Å². The van der Waals surface area contributed by atoms with E-state index in [4.69, 9.17) is 9.47 Å². The first-order chi connectivity index (χ1) is 16.6. The van der Waals surface area contributed by atoms with Crippen molar-refractivity contribution in [1.82, 2.24) is 4.98 Å². The highest BCUT2D eigenvalue weighted by Crippen LogP contribution is 2.63. The summed E-state index contributed by atoms with van der Waals surface area (Å²) < 4.78 is 11.0. The molecule has 2 aliphatic carbocycles. The van der Waals surface area contributed by atoms with Crippen molar-refractivity contribution >= 4 is 34.7 Å². The van der Waals surface area contributed by atoms with Crippen molar-refractivity contribution in [3.8, 4) is 11.5 Å². The molecule has 5 atom stereocenters. The van der Waals surface area contributed by atoms with Gasteiger partial charge >= 0.3 is 4.87 Å². The number of thiazole rings is 1. The Balaban J connectivity index is 1.20. The fraction of sp³-hybridized carbons (Fsp3) is 0.385. The van der Waals surface area contributed by atoms with E-state index in [-0.39, 0.29) is 23.3 Å². The molecule has 3 aliphatic rings. The Hall–Kier alpha value is -2.71. The van der Waals surface area contributed by atoms with Crippen LogP contribution in [0.4, 0.5) is 5.69 Å². The minimum absolute atomic E-state index is 0.0254. The predicted octanol–water partition coefficient (Wildman–Crippen LogP) is 5.11. The van der Waals surface area contributed by atoms with Gasteiger partial charge in [0.2, 0.25) is 0 Å². The van der Waals surface area contributed by atoms with Gasteiger partial charge in [-0.3, -0.25) is 9.59 Å². The summed E-state index contributed by atoms with van der Waals surface area (Å²) >= 11 is 3.25. The maximum absolute atomic E-state index is 12.4. The number of methoxy groups -OCH3 is 1. The van der Waals surface area contributed by atoms with Crippen molar-refractivity contribution in [2.45, 2.75) is 35.5 Å². The van der Waals surface area contributed by atoms with Gasteiger partial charge < -0.3 is 19.8 Å². The van der Waals surface area contributed by atoms with Gasteiger partial charge in [-0.1, -0.05) is 23.5 Å². The summed E-state index contributed by atoms with van der Waals surface area (Å²) in [6, 6.07) is 15.3. The van der Waals surface area contributed by atoms with Crippen molar-refractivity contribution in [2.24, 2.45) is 17.8 Å². The quantitative estimate of drug-likeness (QED) is 0.498. The predicted molar refractivity (Wildman–Crippen MR) is 134 cm³/mol. The van der Waals surface area contributed by atoms with Crippen LogP contribution in [-0.2, 0) is 4.79 Å². The number of nitrogens with one attached hydrogen (secondary N) is 2. The Morgan fingerprint density at radius 3 is 2.76 bits per heavy atom. The van der Waals surface area contributed by atoms with Crippen molar-refractivity contribution in [3.05, 3.63) is 68.6 Å². The maximum atomic E-state index is 12.4. The highest BCUT2D eigenvalue weighted by Gasteiger charge is 2.54. The second-order valence-electron chi connectivity index (χ2n) is 9.32. The molecule has 34 heavy (non-hydrogen) atoms. The molecule has 3 aromatic rings. The molecule has 0 spiro atoms. The molecule has 1 aromatic heterocycles. The lowest BCUT2D eigenvalue weighted by Crippen LogP contribution is -2.33. The topological polar surface area (TPSA) is 80.4 Å². The van der Waals surface area contributed by atoms with Gasteiger partial charge in [0.05, 0.1) is 12.1 Å². The minimum Gasteiger partial charge on any atom is -0.497 e. The Bertz CT molecular complexity index is 1270. The van der Waals surface area contributed by atoms with Crippen LogP contribution >= 0.6 is 23.1 Å². The molecule has 8 heteroatoms. The first-order valence-electron chi connectivity index (χ1n) is 11.7. The average molecular weight is 495 g/mol. The zero-order valence-electron chi connectivity index (χ0n) is 18.8. The second kappa shape index (κ2) is 8.82. The smallest absolute Gasteiger partial charge is 0.305 e. The number of anilines is 1. The van der Waals surface area contributed by atoms with Gasteiger partial charge in [0.1, 0.15) is 11.5 Å². The van der Waals surface area contributed by atoms with Crippen molar-refractivity contribution in [3.63, 3.8) is 0 Å². The Labute approximate surface area is 206 Å². The van der Waals surface area contributed by atoms with E-state index in [1.807, 2.05) is 23.9 Å². The molecular formula is C26H26N2O4S2. The van der Waals surface area contributed by atoms with Crippen LogP contribution in [0, 0.1) is 17.8 Å². The number of hydrogen-bond donors (Lipinski definition) is 2. The van der Waals surface area contributed by atoms with Gasteiger partial charge in [-0.2, -0.15) is 0 Å². The van der Waals surface area contributed by atoms with E-state index < -0.39 is 0 Å². The van der Waals surface area contributed by atoms with E-state index in [9.17, 15) is 9.59 Å². The lowest BCUT2D eigenvalue weighted by Gasteiger charge is -2.40. The Morgan fingerprint density at radius 2 is 1.94 bits per heavy atom. The molecule has 2 saturated carbocycles. The Kier molecular flexibility index (Phi) is 5.65. The van der Waals surface area contributed by atoms with Crippen LogP contribution in [0.2, 0.25) is 0 Å². The fourth-order valence-electron chi connectivity index (χ4n) is 6.04. The van der Waals surface area contributed by atoms with E-state index in [0.29, 0.717) is 22.6 Å². The van der Waals surface area contributed by atoms with Crippen LogP contribution in [0.5, 0.6) is 11.5 Å². The number of ether oxygens (including phenoxy) is 2. The summed E-state index contributed by atoms with van der Waals surface area (Å²) in [6.45, 7) is -0.0739. The molecule has 2 aromatic carbocycles. The maximum Gasteiger partial charge on any atom is 0.305 e. The second-order valence-corrected chi connectivity index (χ2v) is 11.5. The third-order valence-corrected chi connectivity index (χ3v) is 10.0.